The lowest BCUT2D eigenvalue weighted by atomic mass is 10.1. The predicted molar refractivity (Wildman–Crippen MR) is 85.6 cm³/mol. The van der Waals surface area contributed by atoms with E-state index in [9.17, 15) is 0 Å². The molecule has 1 saturated heterocycles. The summed E-state index contributed by atoms with van der Waals surface area (Å²) in [7, 11) is 4.06. The monoisotopic (exact) mass is 286 g/mol. The lowest BCUT2D eigenvalue weighted by molar-refractivity contribution is 0.496. The van der Waals surface area contributed by atoms with Gasteiger partial charge in [0.2, 0.25) is 5.95 Å². The van der Waals surface area contributed by atoms with Crippen molar-refractivity contribution in [3.8, 4) is 11.4 Å². The van der Waals surface area contributed by atoms with Crippen molar-refractivity contribution < 1.29 is 0 Å². The number of anilines is 2. The van der Waals surface area contributed by atoms with E-state index in [1.165, 1.54) is 0 Å². The van der Waals surface area contributed by atoms with Crippen molar-refractivity contribution in [3.63, 3.8) is 0 Å². The van der Waals surface area contributed by atoms with Gasteiger partial charge in [-0.1, -0.05) is 12.1 Å². The van der Waals surface area contributed by atoms with Crippen LogP contribution in [0.2, 0.25) is 0 Å². The summed E-state index contributed by atoms with van der Waals surface area (Å²) in [6, 6.07) is 8.58. The van der Waals surface area contributed by atoms with Crippen molar-refractivity contribution in [2.75, 3.05) is 37.0 Å². The van der Waals surface area contributed by atoms with Gasteiger partial charge in [-0.15, -0.1) is 5.10 Å². The standard InChI is InChI=1S/C15H22N6/c1-20(2)13-5-3-4-11(10-13)14-17-15(19-18-14)21-8-6-12(16)7-9-21/h3-5,10,12H,6-9,16H2,1-2H3,(H,17,18,19). The van der Waals surface area contributed by atoms with Gasteiger partial charge in [-0.05, 0) is 25.0 Å². The zero-order valence-electron chi connectivity index (χ0n) is 12.6. The number of hydrogen-bond donors (Lipinski definition) is 2. The van der Waals surface area contributed by atoms with Crippen LogP contribution in [0.25, 0.3) is 11.4 Å². The topological polar surface area (TPSA) is 74.1 Å². The van der Waals surface area contributed by atoms with Gasteiger partial charge in [0.05, 0.1) is 0 Å². The number of nitrogens with two attached hydrogens (primary N) is 1. The number of piperidine rings is 1. The van der Waals surface area contributed by atoms with E-state index >= 15 is 0 Å². The Morgan fingerprint density at radius 3 is 2.76 bits per heavy atom. The molecular formula is C15H22N6. The van der Waals surface area contributed by atoms with Crippen LogP contribution in [0.5, 0.6) is 0 Å². The largest absolute Gasteiger partial charge is 0.378 e. The van der Waals surface area contributed by atoms with Gasteiger partial charge in [0, 0.05) is 44.5 Å². The fourth-order valence-electron chi connectivity index (χ4n) is 2.55. The Labute approximate surface area is 125 Å². The van der Waals surface area contributed by atoms with Crippen LogP contribution in [0.3, 0.4) is 0 Å². The maximum Gasteiger partial charge on any atom is 0.245 e. The maximum absolute atomic E-state index is 5.94. The predicted octanol–water partition coefficient (Wildman–Crippen LogP) is 1.47. The van der Waals surface area contributed by atoms with Crippen LogP contribution in [0.4, 0.5) is 11.6 Å². The number of nitrogens with zero attached hydrogens (tertiary/aromatic N) is 4. The summed E-state index contributed by atoms with van der Waals surface area (Å²) in [5.74, 6) is 1.58. The minimum absolute atomic E-state index is 0.316. The number of rotatable bonds is 3. The normalized spacial score (nSPS) is 16.2. The number of nitrogens with one attached hydrogen (secondary N) is 1. The maximum atomic E-state index is 5.94. The number of aromatic amines is 1. The molecule has 0 amide bonds. The molecule has 3 N–H and O–H groups in total. The van der Waals surface area contributed by atoms with Crippen LogP contribution in [0.15, 0.2) is 24.3 Å². The zero-order valence-corrected chi connectivity index (χ0v) is 12.6. The van der Waals surface area contributed by atoms with Crippen LogP contribution in [0, 0.1) is 0 Å². The fourth-order valence-corrected chi connectivity index (χ4v) is 2.55. The first kappa shape index (κ1) is 13.9. The van der Waals surface area contributed by atoms with E-state index in [0.29, 0.717) is 6.04 Å². The third-order valence-corrected chi connectivity index (χ3v) is 3.93. The average molecular weight is 286 g/mol. The number of aromatic nitrogens is 3. The first-order valence-corrected chi connectivity index (χ1v) is 7.34. The van der Waals surface area contributed by atoms with Crippen LogP contribution < -0.4 is 15.5 Å². The number of benzene rings is 1. The van der Waals surface area contributed by atoms with Crippen molar-refractivity contribution in [2.45, 2.75) is 18.9 Å². The van der Waals surface area contributed by atoms with Crippen LogP contribution >= 0.6 is 0 Å². The second kappa shape index (κ2) is 5.73. The van der Waals surface area contributed by atoms with E-state index in [0.717, 1.165) is 49.0 Å². The highest BCUT2D eigenvalue weighted by Gasteiger charge is 2.19. The first-order chi connectivity index (χ1) is 10.1. The molecule has 1 fully saturated rings. The molecule has 1 aromatic heterocycles. The summed E-state index contributed by atoms with van der Waals surface area (Å²) in [5, 5.41) is 7.40. The van der Waals surface area contributed by atoms with E-state index in [1.54, 1.807) is 0 Å². The second-order valence-corrected chi connectivity index (χ2v) is 5.75. The molecule has 0 saturated carbocycles. The quantitative estimate of drug-likeness (QED) is 0.893. The molecule has 2 aromatic rings. The van der Waals surface area contributed by atoms with E-state index in [1.807, 2.05) is 26.2 Å². The molecule has 3 rings (SSSR count). The van der Waals surface area contributed by atoms with Gasteiger partial charge in [-0.2, -0.15) is 4.98 Å². The summed E-state index contributed by atoms with van der Waals surface area (Å²) < 4.78 is 0. The molecule has 1 aliphatic heterocycles. The lowest BCUT2D eigenvalue weighted by Crippen LogP contribution is -2.40. The van der Waals surface area contributed by atoms with Crippen LogP contribution in [-0.4, -0.2) is 48.4 Å². The highest BCUT2D eigenvalue weighted by molar-refractivity contribution is 5.63. The van der Waals surface area contributed by atoms with Crippen molar-refractivity contribution in [1.82, 2.24) is 15.2 Å². The molecule has 1 aromatic carbocycles. The first-order valence-electron chi connectivity index (χ1n) is 7.34. The van der Waals surface area contributed by atoms with Gasteiger partial charge in [0.25, 0.3) is 0 Å². The Kier molecular flexibility index (Phi) is 3.79. The summed E-state index contributed by atoms with van der Waals surface area (Å²) in [6.07, 6.45) is 2.00. The van der Waals surface area contributed by atoms with Gasteiger partial charge < -0.3 is 15.5 Å². The van der Waals surface area contributed by atoms with Crippen molar-refractivity contribution in [2.24, 2.45) is 5.73 Å². The Morgan fingerprint density at radius 1 is 1.29 bits per heavy atom. The Hall–Kier alpha value is -2.08. The third kappa shape index (κ3) is 3.00. The molecule has 2 heterocycles. The highest BCUT2D eigenvalue weighted by atomic mass is 15.4. The van der Waals surface area contributed by atoms with Gasteiger partial charge in [-0.3, -0.25) is 5.10 Å². The third-order valence-electron chi connectivity index (χ3n) is 3.93. The molecule has 6 heteroatoms. The van der Waals surface area contributed by atoms with Crippen LogP contribution in [-0.2, 0) is 0 Å². The van der Waals surface area contributed by atoms with Gasteiger partial charge >= 0.3 is 0 Å². The number of H-pyrrole nitrogens is 1. The molecule has 0 aliphatic carbocycles. The Bertz CT molecular complexity index is 598. The molecule has 0 unspecified atom stereocenters. The lowest BCUT2D eigenvalue weighted by Gasteiger charge is -2.28. The van der Waals surface area contributed by atoms with Crippen molar-refractivity contribution in [3.05, 3.63) is 24.3 Å². The van der Waals surface area contributed by atoms with Gasteiger partial charge in [-0.25, -0.2) is 0 Å². The molecule has 0 bridgehead atoms. The van der Waals surface area contributed by atoms with Crippen molar-refractivity contribution >= 4 is 11.6 Å². The van der Waals surface area contributed by atoms with Crippen molar-refractivity contribution in [1.29, 1.82) is 0 Å². The minimum atomic E-state index is 0.316. The molecule has 0 radical (unpaired) electrons. The zero-order chi connectivity index (χ0) is 14.8. The molecule has 1 aliphatic rings. The molecule has 21 heavy (non-hydrogen) atoms. The fraction of sp³-hybridized carbons (Fsp3) is 0.467. The van der Waals surface area contributed by atoms with Gasteiger partial charge in [0.15, 0.2) is 5.82 Å². The molecular weight excluding hydrogens is 264 g/mol. The second-order valence-electron chi connectivity index (χ2n) is 5.75. The minimum Gasteiger partial charge on any atom is -0.378 e. The average Bonchev–Trinajstić information content (AvgIpc) is 2.98. The Morgan fingerprint density at radius 2 is 2.05 bits per heavy atom. The summed E-state index contributed by atoms with van der Waals surface area (Å²) in [4.78, 5) is 8.90. The molecule has 112 valence electrons. The van der Waals surface area contributed by atoms with E-state index in [4.69, 9.17) is 5.73 Å². The van der Waals surface area contributed by atoms with E-state index in [-0.39, 0.29) is 0 Å². The summed E-state index contributed by atoms with van der Waals surface area (Å²) >= 11 is 0. The van der Waals surface area contributed by atoms with Gasteiger partial charge in [0.1, 0.15) is 0 Å². The Balaban J connectivity index is 1.80. The molecule has 6 nitrogen and oxygen atoms in total. The van der Waals surface area contributed by atoms with E-state index in [2.05, 4.69) is 37.1 Å². The smallest absolute Gasteiger partial charge is 0.245 e. The molecule has 0 spiro atoms. The summed E-state index contributed by atoms with van der Waals surface area (Å²) in [5.41, 5.74) is 8.13. The summed E-state index contributed by atoms with van der Waals surface area (Å²) in [6.45, 7) is 1.85. The number of hydrogen-bond acceptors (Lipinski definition) is 5. The SMILES string of the molecule is CN(C)c1cccc(-c2nc(N3CCC(N)CC3)n[nH]2)c1. The van der Waals surface area contributed by atoms with E-state index < -0.39 is 0 Å². The molecule has 0 atom stereocenters. The highest BCUT2D eigenvalue weighted by Crippen LogP contribution is 2.23. The van der Waals surface area contributed by atoms with Crippen LogP contribution in [0.1, 0.15) is 12.8 Å².